The van der Waals surface area contributed by atoms with Gasteiger partial charge in [-0.15, -0.1) is 11.3 Å². The van der Waals surface area contributed by atoms with Crippen molar-refractivity contribution in [2.75, 3.05) is 0 Å². The van der Waals surface area contributed by atoms with Crippen LogP contribution in [0.25, 0.3) is 0 Å². The molecule has 0 saturated heterocycles. The number of nitrogens with two attached hydrogens (primary N) is 1. The Morgan fingerprint density at radius 2 is 2.33 bits per heavy atom. The Morgan fingerprint density at radius 1 is 1.67 bits per heavy atom. The van der Waals surface area contributed by atoms with Gasteiger partial charge < -0.3 is 5.73 Å². The third-order valence-electron chi connectivity index (χ3n) is 2.12. The van der Waals surface area contributed by atoms with Crippen LogP contribution in [0.2, 0.25) is 5.02 Å². The third kappa shape index (κ3) is 1.69. The summed E-state index contributed by atoms with van der Waals surface area (Å²) in [6, 6.07) is 2.18. The van der Waals surface area contributed by atoms with E-state index < -0.39 is 0 Å². The van der Waals surface area contributed by atoms with Gasteiger partial charge in [-0.1, -0.05) is 11.6 Å². The molecule has 1 aromatic heterocycles. The second kappa shape index (κ2) is 3.29. The van der Waals surface area contributed by atoms with E-state index in [4.69, 9.17) is 17.3 Å². The molecule has 1 aromatic rings. The molecular weight excluding hydrogens is 258 g/mol. The molecule has 0 radical (unpaired) electrons. The summed E-state index contributed by atoms with van der Waals surface area (Å²) in [6.45, 7) is 0. The zero-order valence-corrected chi connectivity index (χ0v) is 9.55. The zero-order chi connectivity index (χ0) is 8.72. The summed E-state index contributed by atoms with van der Waals surface area (Å²) in [6.07, 6.45) is 2.54. The van der Waals surface area contributed by atoms with Crippen LogP contribution in [0.5, 0.6) is 0 Å². The van der Waals surface area contributed by atoms with Crippen molar-refractivity contribution in [3.05, 3.63) is 19.8 Å². The van der Waals surface area contributed by atoms with Crippen molar-refractivity contribution >= 4 is 38.9 Å². The first-order valence-corrected chi connectivity index (χ1v) is 5.87. The minimum absolute atomic E-state index is 0.207. The number of hydrogen-bond acceptors (Lipinski definition) is 2. The standard InChI is InChI=1S/C8H9BrClNS/c9-8-5(10)3-6(12-8)7(11)4-1-2-4/h3-4,7H,1-2,11H2. The van der Waals surface area contributed by atoms with E-state index in [2.05, 4.69) is 15.9 Å². The maximum Gasteiger partial charge on any atom is 0.0887 e. The maximum atomic E-state index is 6.01. The van der Waals surface area contributed by atoms with E-state index in [9.17, 15) is 0 Å². The van der Waals surface area contributed by atoms with Gasteiger partial charge in [0.05, 0.1) is 8.81 Å². The van der Waals surface area contributed by atoms with Crippen LogP contribution >= 0.6 is 38.9 Å². The first-order valence-electron chi connectivity index (χ1n) is 3.89. The van der Waals surface area contributed by atoms with Gasteiger partial charge in [0.1, 0.15) is 0 Å². The average Bonchev–Trinajstić information content (AvgIpc) is 2.80. The van der Waals surface area contributed by atoms with E-state index in [1.807, 2.05) is 6.07 Å². The van der Waals surface area contributed by atoms with Crippen LogP contribution in [0.1, 0.15) is 23.8 Å². The normalized spacial score (nSPS) is 19.6. The fourth-order valence-corrected chi connectivity index (χ4v) is 3.06. The van der Waals surface area contributed by atoms with Gasteiger partial charge in [0.15, 0.2) is 0 Å². The van der Waals surface area contributed by atoms with Crippen molar-refractivity contribution in [2.24, 2.45) is 11.7 Å². The van der Waals surface area contributed by atoms with Gasteiger partial charge in [-0.05, 0) is 40.8 Å². The van der Waals surface area contributed by atoms with Gasteiger partial charge in [0.25, 0.3) is 0 Å². The molecule has 1 fully saturated rings. The summed E-state index contributed by atoms with van der Waals surface area (Å²) in [7, 11) is 0. The average molecular weight is 267 g/mol. The Balaban J connectivity index is 2.21. The quantitative estimate of drug-likeness (QED) is 0.870. The lowest BCUT2D eigenvalue weighted by atomic mass is 10.2. The van der Waals surface area contributed by atoms with Gasteiger partial charge in [-0.3, -0.25) is 0 Å². The molecular formula is C8H9BrClNS. The summed E-state index contributed by atoms with van der Waals surface area (Å²) in [5.74, 6) is 0.701. The van der Waals surface area contributed by atoms with Crippen LogP contribution in [0.15, 0.2) is 9.85 Å². The summed E-state index contributed by atoms with van der Waals surface area (Å²) in [5, 5.41) is 0.783. The van der Waals surface area contributed by atoms with Crippen LogP contribution in [0.3, 0.4) is 0 Å². The molecule has 0 bridgehead atoms. The van der Waals surface area contributed by atoms with Gasteiger partial charge in [-0.2, -0.15) is 0 Å². The van der Waals surface area contributed by atoms with Crippen LogP contribution < -0.4 is 5.73 Å². The van der Waals surface area contributed by atoms with Crippen LogP contribution in [0, 0.1) is 5.92 Å². The maximum absolute atomic E-state index is 6.01. The molecule has 2 N–H and O–H groups in total. The van der Waals surface area contributed by atoms with E-state index >= 15 is 0 Å². The number of hydrogen-bond donors (Lipinski definition) is 1. The van der Waals surface area contributed by atoms with Crippen molar-refractivity contribution in [3.63, 3.8) is 0 Å². The molecule has 1 heterocycles. The highest BCUT2D eigenvalue weighted by Crippen LogP contribution is 2.44. The van der Waals surface area contributed by atoms with Crippen molar-refractivity contribution in [2.45, 2.75) is 18.9 Å². The predicted octanol–water partition coefficient (Wildman–Crippen LogP) is 3.57. The molecule has 0 spiro atoms. The summed E-state index contributed by atoms with van der Waals surface area (Å²) >= 11 is 10.9. The second-order valence-corrected chi connectivity index (χ2v) is 5.94. The fourth-order valence-electron chi connectivity index (χ4n) is 1.22. The number of rotatable bonds is 2. The van der Waals surface area contributed by atoms with E-state index in [1.54, 1.807) is 11.3 Å². The molecule has 1 nitrogen and oxygen atoms in total. The third-order valence-corrected chi connectivity index (χ3v) is 4.70. The number of halogens is 2. The molecule has 1 aliphatic carbocycles. The van der Waals surface area contributed by atoms with Gasteiger partial charge in [-0.25, -0.2) is 0 Å². The molecule has 4 heteroatoms. The van der Waals surface area contributed by atoms with Crippen LogP contribution in [-0.4, -0.2) is 0 Å². The van der Waals surface area contributed by atoms with E-state index in [1.165, 1.54) is 17.7 Å². The van der Waals surface area contributed by atoms with E-state index in [-0.39, 0.29) is 6.04 Å². The van der Waals surface area contributed by atoms with Crippen molar-refractivity contribution < 1.29 is 0 Å². The topological polar surface area (TPSA) is 26.0 Å². The Labute approximate surface area is 89.0 Å². The minimum Gasteiger partial charge on any atom is -0.323 e. The highest BCUT2D eigenvalue weighted by molar-refractivity contribution is 9.11. The van der Waals surface area contributed by atoms with Crippen molar-refractivity contribution in [1.82, 2.24) is 0 Å². The Hall–Kier alpha value is 0.430. The second-order valence-electron chi connectivity index (χ2n) is 3.13. The Morgan fingerprint density at radius 3 is 2.75 bits per heavy atom. The Kier molecular flexibility index (Phi) is 2.47. The molecule has 0 aromatic carbocycles. The smallest absolute Gasteiger partial charge is 0.0887 e. The molecule has 2 rings (SSSR count). The predicted molar refractivity (Wildman–Crippen MR) is 56.7 cm³/mol. The van der Waals surface area contributed by atoms with Crippen molar-refractivity contribution in [1.29, 1.82) is 0 Å². The summed E-state index contributed by atoms with van der Waals surface area (Å²) in [4.78, 5) is 1.20. The molecule has 1 saturated carbocycles. The lowest BCUT2D eigenvalue weighted by Crippen LogP contribution is -2.10. The molecule has 1 aliphatic rings. The first kappa shape index (κ1) is 9.00. The van der Waals surface area contributed by atoms with Crippen LogP contribution in [0.4, 0.5) is 0 Å². The van der Waals surface area contributed by atoms with Gasteiger partial charge >= 0.3 is 0 Å². The Bertz CT molecular complexity index is 276. The zero-order valence-electron chi connectivity index (χ0n) is 6.39. The molecule has 0 aliphatic heterocycles. The monoisotopic (exact) mass is 265 g/mol. The lowest BCUT2D eigenvalue weighted by molar-refractivity contribution is 0.645. The highest BCUT2D eigenvalue weighted by atomic mass is 79.9. The highest BCUT2D eigenvalue weighted by Gasteiger charge is 2.30. The molecule has 12 heavy (non-hydrogen) atoms. The molecule has 1 unspecified atom stereocenters. The molecule has 0 amide bonds. The lowest BCUT2D eigenvalue weighted by Gasteiger charge is -2.05. The van der Waals surface area contributed by atoms with Gasteiger partial charge in [0.2, 0.25) is 0 Å². The van der Waals surface area contributed by atoms with Gasteiger partial charge in [0, 0.05) is 10.9 Å². The molecule has 1 atom stereocenters. The summed E-state index contributed by atoms with van der Waals surface area (Å²) < 4.78 is 0.996. The first-order chi connectivity index (χ1) is 5.68. The largest absolute Gasteiger partial charge is 0.323 e. The van der Waals surface area contributed by atoms with Crippen LogP contribution in [-0.2, 0) is 0 Å². The number of thiophene rings is 1. The minimum atomic E-state index is 0.207. The summed E-state index contributed by atoms with van der Waals surface area (Å²) in [5.41, 5.74) is 6.01. The van der Waals surface area contributed by atoms with E-state index in [0.29, 0.717) is 5.92 Å². The fraction of sp³-hybridized carbons (Fsp3) is 0.500. The van der Waals surface area contributed by atoms with E-state index in [0.717, 1.165) is 8.81 Å². The SMILES string of the molecule is NC(c1cc(Cl)c(Br)s1)C1CC1. The van der Waals surface area contributed by atoms with Crippen molar-refractivity contribution in [3.8, 4) is 0 Å². The molecule has 66 valence electrons.